The number of aromatic nitrogens is 16. The quantitative estimate of drug-likeness (QED) is 0.0133. The van der Waals surface area contributed by atoms with E-state index in [1.54, 1.807) is 11.5 Å². The summed E-state index contributed by atoms with van der Waals surface area (Å²) < 4.78 is 10.4. The number of nitrogens with zero attached hydrogens (tertiary/aromatic N) is 10. The largest absolute Gasteiger partial charge is 1.00 e. The Labute approximate surface area is 606 Å². The number of benzene rings is 5. The van der Waals surface area contributed by atoms with Gasteiger partial charge in [-0.3, -0.25) is 24.2 Å². The number of aromatic amines is 6. The molecule has 31 heteroatoms. The van der Waals surface area contributed by atoms with Crippen molar-refractivity contribution in [2.45, 2.75) is 62.0 Å². The number of para-hydroxylation sites is 10. The van der Waals surface area contributed by atoms with Crippen molar-refractivity contribution in [1.82, 2.24) is 68.5 Å². The van der Waals surface area contributed by atoms with E-state index in [0.717, 1.165) is 122 Å². The Hall–Kier alpha value is -7.32. The first-order chi connectivity index (χ1) is 44.3. The van der Waals surface area contributed by atoms with Crippen LogP contribution >= 0.6 is 74.9 Å². The summed E-state index contributed by atoms with van der Waals surface area (Å²) in [5.74, 6) is 5.85. The molecule has 8 aromatic heterocycles. The van der Waals surface area contributed by atoms with Gasteiger partial charge in [0.1, 0.15) is 29.8 Å². The predicted octanol–water partition coefficient (Wildman–Crippen LogP) is 7.02. The number of hydrogen-bond donors (Lipinski definition) is 9. The molecular formula is C64H78BBrCl2N16NaO7S3+2. The number of nitrogens with one attached hydrogen (secondary N) is 6. The predicted molar refractivity (Wildman–Crippen MR) is 387 cm³/mol. The van der Waals surface area contributed by atoms with Crippen LogP contribution < -0.4 is 55.4 Å². The number of aliphatic hydroxyl groups excluding tert-OH is 3. The normalized spacial score (nSPS) is 9.94. The molecule has 9 N–H and O–H groups in total. The summed E-state index contributed by atoms with van der Waals surface area (Å²) in [6, 6.07) is 44.4. The molecule has 0 aliphatic carbocycles. The Morgan fingerprint density at radius 2 is 0.937 bits per heavy atom. The van der Waals surface area contributed by atoms with Crippen molar-refractivity contribution in [2.75, 3.05) is 19.6 Å². The number of aryl methyl sites for hydroxylation is 8. The molecule has 3 radical (unpaired) electrons. The molecule has 0 bridgehead atoms. The fraction of sp³-hybridized carbons (Fsp3) is 0.250. The molecule has 0 saturated heterocycles. The van der Waals surface area contributed by atoms with Crippen LogP contribution in [0.1, 0.15) is 59.9 Å². The molecule has 0 saturated carbocycles. The third-order valence-corrected chi connectivity index (χ3v) is 15.6. The molecule has 23 nitrogen and oxygen atoms in total. The number of aldehydes is 1. The second-order valence-corrected chi connectivity index (χ2v) is 22.9. The average molecular weight is 1460 g/mol. The molecule has 0 atom stereocenters. The number of imidazole rings is 5. The molecule has 8 heterocycles. The second kappa shape index (κ2) is 43.0. The van der Waals surface area contributed by atoms with Crippen LogP contribution in [0.4, 0.5) is 0 Å². The van der Waals surface area contributed by atoms with Crippen molar-refractivity contribution >= 4 is 145 Å². The van der Waals surface area contributed by atoms with Crippen molar-refractivity contribution in [2.24, 2.45) is 35.2 Å². The van der Waals surface area contributed by atoms with E-state index in [1.807, 2.05) is 145 Å². The summed E-state index contributed by atoms with van der Waals surface area (Å²) >= 11 is 20.6. The van der Waals surface area contributed by atoms with E-state index in [0.29, 0.717) is 26.7 Å². The summed E-state index contributed by atoms with van der Waals surface area (Å²) in [4.78, 5) is 82.8. The zero-order valence-corrected chi connectivity index (χ0v) is 61.3. The van der Waals surface area contributed by atoms with Crippen molar-refractivity contribution < 1.29 is 60.2 Å². The summed E-state index contributed by atoms with van der Waals surface area (Å²) in [5.41, 5.74) is 12.5. The Balaban J connectivity index is 0.000000571. The third-order valence-electron chi connectivity index (χ3n) is 13.1. The number of H-pyrrole nitrogens is 6. The van der Waals surface area contributed by atoms with Crippen LogP contribution in [0.2, 0.25) is 0 Å². The minimum absolute atomic E-state index is 0. The molecule has 0 aliphatic heterocycles. The molecule has 0 amide bonds. The molecule has 497 valence electrons. The van der Waals surface area contributed by atoms with Crippen LogP contribution in [0.25, 0.3) is 55.2 Å². The maximum atomic E-state index is 11.4. The molecule has 5 aromatic carbocycles. The van der Waals surface area contributed by atoms with Gasteiger partial charge in [0.2, 0.25) is 0 Å². The third kappa shape index (κ3) is 24.4. The van der Waals surface area contributed by atoms with Gasteiger partial charge in [-0.25, -0.2) is 44.0 Å². The zero-order valence-electron chi connectivity index (χ0n) is 54.8. The minimum atomic E-state index is -0.156. The number of carbonyl (C=O) groups excluding carboxylic acids is 1. The smallest absolute Gasteiger partial charge is 1.00 e. The van der Waals surface area contributed by atoms with Gasteiger partial charge in [-0.15, -0.1) is 23.2 Å². The van der Waals surface area contributed by atoms with E-state index >= 15 is 0 Å². The van der Waals surface area contributed by atoms with E-state index in [1.165, 1.54) is 47.2 Å². The average Bonchev–Trinajstić information content (AvgIpc) is 1.71. The van der Waals surface area contributed by atoms with Gasteiger partial charge in [-0.05, 0) is 93.7 Å². The molecule has 0 aliphatic rings. The molecule has 0 unspecified atom stereocenters. The first-order valence-corrected chi connectivity index (χ1v) is 32.4. The van der Waals surface area contributed by atoms with Gasteiger partial charge in [0, 0.05) is 79.1 Å². The monoisotopic (exact) mass is 1460 g/mol. The van der Waals surface area contributed by atoms with Gasteiger partial charge in [-0.1, -0.05) is 108 Å². The Kier molecular flexibility index (Phi) is 37.9. The van der Waals surface area contributed by atoms with Crippen molar-refractivity contribution in [3.8, 4) is 0 Å². The Morgan fingerprint density at radius 1 is 0.568 bits per heavy atom. The SMILES string of the molecule is C.CO.CO.Cc1cc(=O)[nH]c(=S)[nH]1.Cc1cc(=O)[nH]c(SCc2[nH]c3ccccc3[n+]2C)n1.Cc1cc(=O)[nH]c(SCc2[nH]c3ccccc3[n+]2C)n1.ClCCl.Cn1c(C=O)nc2ccccc21.Cn1c(CBr)nc2ccccc21.Cn1c(CO)nc2ccccc21.[B].[H-].[Na+]. The number of aliphatic hydroxyl groups is 3. The van der Waals surface area contributed by atoms with Gasteiger partial charge in [0.15, 0.2) is 49.3 Å². The van der Waals surface area contributed by atoms with Crippen LogP contribution in [-0.2, 0) is 58.7 Å². The molecule has 0 fully saturated rings. The van der Waals surface area contributed by atoms with Crippen molar-refractivity contribution in [3.63, 3.8) is 0 Å². The van der Waals surface area contributed by atoms with Gasteiger partial charge in [0.25, 0.3) is 28.3 Å². The molecular weight excluding hydrogens is 1390 g/mol. The summed E-state index contributed by atoms with van der Waals surface area (Å²) in [6.45, 7) is 5.42. The van der Waals surface area contributed by atoms with E-state index in [-0.39, 0.29) is 75.4 Å². The standard InChI is InChI=1S/2C14H14N4OS.C9H9BrN2.C9H10N2O.C9H8N2O.C5H6N2OS.CH2Cl2.2CH4O.CH4.B.Na.H/c2*1-9-7-13(19)17-14(15-9)20-8-12-16-10-5-3-4-6-11(10)18(12)2;1-12-8-5-3-2-4-7(8)11-9(12)6-10;2*1-11-8-5-3-2-4-7(8)10-9(11)6-12;1-3-2-4(8)7-5(9)6-3;2-1-3;2*1-2;;;;/h2*3-7H,8H2,1-2H3,(H,15,17,19);2-5H,6H2,1H3;2-5,12H,6H2,1H3;2-6H,1H3;2H,1H3,(H2,6,7,8,9);1H2;2*2H,1H3;1H4;;;/q;;;;;;;;;;;+1;-1/p+2. The van der Waals surface area contributed by atoms with Crippen LogP contribution in [0, 0.1) is 25.5 Å². The minimum Gasteiger partial charge on any atom is -1.00 e. The Bertz CT molecular complexity index is 4510. The molecule has 95 heavy (non-hydrogen) atoms. The maximum absolute atomic E-state index is 11.4. The van der Waals surface area contributed by atoms with E-state index in [4.69, 9.17) is 38.5 Å². The second-order valence-electron chi connectivity index (χ2n) is 19.2. The number of thioether (sulfide) groups is 2. The first-order valence-electron chi connectivity index (χ1n) is 27.8. The topological polar surface area (TPSA) is 311 Å². The van der Waals surface area contributed by atoms with Gasteiger partial charge in [-0.2, -0.15) is 0 Å². The van der Waals surface area contributed by atoms with Crippen molar-refractivity contribution in [1.29, 1.82) is 0 Å². The summed E-state index contributed by atoms with van der Waals surface area (Å²) in [6.07, 6.45) is 0.764. The number of hydrogen-bond acceptors (Lipinski definition) is 15. The zero-order chi connectivity index (χ0) is 67.4. The Morgan fingerprint density at radius 3 is 1.29 bits per heavy atom. The number of fused-ring (bicyclic) bond motifs is 5. The van der Waals surface area contributed by atoms with Crippen LogP contribution in [0.3, 0.4) is 0 Å². The number of rotatable bonds is 9. The number of alkyl halides is 3. The summed E-state index contributed by atoms with van der Waals surface area (Å²) in [7, 11) is 11.8. The van der Waals surface area contributed by atoms with Crippen LogP contribution in [-0.4, -0.2) is 118 Å². The van der Waals surface area contributed by atoms with E-state index in [2.05, 4.69) is 127 Å². The first kappa shape index (κ1) is 83.8. The number of halogens is 3. The maximum Gasteiger partial charge on any atom is 1.00 e. The molecule has 0 spiro atoms. The fourth-order valence-corrected chi connectivity index (χ4v) is 11.4. The van der Waals surface area contributed by atoms with Gasteiger partial charge < -0.3 is 45.4 Å². The van der Waals surface area contributed by atoms with Gasteiger partial charge >= 0.3 is 29.6 Å². The van der Waals surface area contributed by atoms with E-state index < -0.39 is 0 Å². The van der Waals surface area contributed by atoms with Crippen LogP contribution in [0.5, 0.6) is 0 Å². The molecule has 13 aromatic rings. The molecule has 13 rings (SSSR count). The fourth-order valence-electron chi connectivity index (χ4n) is 8.80. The van der Waals surface area contributed by atoms with E-state index in [9.17, 15) is 19.2 Å². The van der Waals surface area contributed by atoms with Crippen LogP contribution in [0.15, 0.2) is 164 Å². The van der Waals surface area contributed by atoms with Crippen molar-refractivity contribution in [3.05, 3.63) is 222 Å². The van der Waals surface area contributed by atoms with Gasteiger partial charge in [0.05, 0.1) is 57.9 Å². The number of carbonyl (C=O) groups is 1. The summed E-state index contributed by atoms with van der Waals surface area (Å²) in [5, 5.41) is 25.2.